The van der Waals surface area contributed by atoms with Crippen LogP contribution in [0.4, 0.5) is 0 Å². The van der Waals surface area contributed by atoms with Gasteiger partial charge in [-0.25, -0.2) is 9.59 Å². The van der Waals surface area contributed by atoms with Crippen molar-refractivity contribution in [1.82, 2.24) is 0 Å². The van der Waals surface area contributed by atoms with E-state index >= 15 is 0 Å². The Bertz CT molecular complexity index is 279. The number of carbonyl (C=O) groups is 2. The normalized spacial score (nSPS) is 26.2. The van der Waals surface area contributed by atoms with Crippen LogP contribution < -0.4 is 0 Å². The summed E-state index contributed by atoms with van der Waals surface area (Å²) in [5.41, 5.74) is -1.94. The summed E-state index contributed by atoms with van der Waals surface area (Å²) in [4.78, 5) is 21.8. The van der Waals surface area contributed by atoms with Gasteiger partial charge in [0.1, 0.15) is 0 Å². The fraction of sp³-hybridized carbons (Fsp3) is 0.556. The van der Waals surface area contributed by atoms with Gasteiger partial charge in [-0.15, -0.1) is 0 Å². The quantitative estimate of drug-likeness (QED) is 0.370. The highest BCUT2D eigenvalue weighted by atomic mass is 16.7. The van der Waals surface area contributed by atoms with Crippen LogP contribution in [0.5, 0.6) is 0 Å². The molecule has 13 heavy (non-hydrogen) atoms. The minimum absolute atomic E-state index is 0.352. The molecule has 0 bridgehead atoms. The largest absolute Gasteiger partial charge is 0.452 e. The number of hydrogen-bond acceptors (Lipinski definition) is 4. The fourth-order valence-corrected chi connectivity index (χ4v) is 0.919. The van der Waals surface area contributed by atoms with E-state index < -0.39 is 17.2 Å². The molecule has 0 amide bonds. The van der Waals surface area contributed by atoms with Gasteiger partial charge in [-0.2, -0.15) is 0 Å². The van der Waals surface area contributed by atoms with Gasteiger partial charge in [0.05, 0.1) is 0 Å². The molecule has 1 saturated heterocycles. The zero-order chi connectivity index (χ0) is 10.3. The molecule has 1 aliphatic heterocycles. The van der Waals surface area contributed by atoms with Crippen molar-refractivity contribution in [3.63, 3.8) is 0 Å². The van der Waals surface area contributed by atoms with Crippen LogP contribution in [0.2, 0.25) is 0 Å². The molecule has 1 atom stereocenters. The van der Waals surface area contributed by atoms with E-state index in [2.05, 4.69) is 6.58 Å². The number of esters is 1. The molecule has 0 aromatic heterocycles. The molecule has 1 aliphatic rings. The summed E-state index contributed by atoms with van der Waals surface area (Å²) < 4.78 is 9.75. The van der Waals surface area contributed by atoms with Gasteiger partial charge >= 0.3 is 11.9 Å². The van der Waals surface area contributed by atoms with E-state index in [1.54, 1.807) is 20.8 Å². The first-order valence-electron chi connectivity index (χ1n) is 3.92. The van der Waals surface area contributed by atoms with Crippen LogP contribution in [0.3, 0.4) is 0 Å². The summed E-state index contributed by atoms with van der Waals surface area (Å²) in [6.45, 7) is 8.10. The van der Waals surface area contributed by atoms with Crippen molar-refractivity contribution in [2.45, 2.75) is 32.0 Å². The first-order valence-corrected chi connectivity index (χ1v) is 3.92. The van der Waals surface area contributed by atoms with Gasteiger partial charge < -0.3 is 9.47 Å². The predicted molar refractivity (Wildman–Crippen MR) is 44.9 cm³/mol. The van der Waals surface area contributed by atoms with Crippen LogP contribution in [0.1, 0.15) is 20.8 Å². The van der Waals surface area contributed by atoms with E-state index in [9.17, 15) is 9.59 Å². The molecular weight excluding hydrogens is 172 g/mol. The molecule has 1 rings (SSSR count). The smallest absolute Gasteiger partial charge is 0.355 e. The number of carbonyl (C=O) groups excluding carboxylic acids is 2. The maximum atomic E-state index is 10.9. The minimum Gasteiger partial charge on any atom is -0.452 e. The summed E-state index contributed by atoms with van der Waals surface area (Å²) in [6.07, 6.45) is 1.05. The standard InChI is InChI=1S/C9H12O4/c1-5-6(10)12-8(2,3)9(4)7(11)13-9/h5H,1H2,2-4H3. The van der Waals surface area contributed by atoms with E-state index in [4.69, 9.17) is 9.47 Å². The van der Waals surface area contributed by atoms with Crippen molar-refractivity contribution in [2.75, 3.05) is 0 Å². The van der Waals surface area contributed by atoms with Crippen LogP contribution in [0.15, 0.2) is 12.7 Å². The molecule has 0 aromatic carbocycles. The minimum atomic E-state index is -0.994. The molecule has 0 N–H and O–H groups in total. The summed E-state index contributed by atoms with van der Waals surface area (Å²) in [7, 11) is 0. The fourth-order valence-electron chi connectivity index (χ4n) is 0.919. The number of rotatable bonds is 3. The second kappa shape index (κ2) is 2.58. The lowest BCUT2D eigenvalue weighted by molar-refractivity contribution is -0.156. The Kier molecular flexibility index (Phi) is 1.94. The molecule has 0 saturated carbocycles. The highest BCUT2D eigenvalue weighted by Gasteiger charge is 2.66. The van der Waals surface area contributed by atoms with Gasteiger partial charge in [-0.05, 0) is 20.8 Å². The maximum Gasteiger partial charge on any atom is 0.355 e. The molecule has 72 valence electrons. The van der Waals surface area contributed by atoms with Crippen molar-refractivity contribution < 1.29 is 19.1 Å². The Balaban J connectivity index is 2.72. The van der Waals surface area contributed by atoms with Gasteiger partial charge in [0.15, 0.2) is 5.60 Å². The summed E-state index contributed by atoms with van der Waals surface area (Å²) >= 11 is 0. The third kappa shape index (κ3) is 1.43. The summed E-state index contributed by atoms with van der Waals surface area (Å²) in [5.74, 6) is -0.913. The van der Waals surface area contributed by atoms with Gasteiger partial charge in [0, 0.05) is 6.08 Å². The van der Waals surface area contributed by atoms with Crippen molar-refractivity contribution in [2.24, 2.45) is 0 Å². The predicted octanol–water partition coefficient (Wildman–Crippen LogP) is 0.810. The molecule has 4 nitrogen and oxygen atoms in total. The maximum absolute atomic E-state index is 10.9. The van der Waals surface area contributed by atoms with Crippen molar-refractivity contribution in [1.29, 1.82) is 0 Å². The molecule has 4 heteroatoms. The molecule has 1 unspecified atom stereocenters. The zero-order valence-corrected chi connectivity index (χ0v) is 7.92. The van der Waals surface area contributed by atoms with E-state index in [0.717, 1.165) is 6.08 Å². The van der Waals surface area contributed by atoms with Gasteiger partial charge in [-0.1, -0.05) is 6.58 Å². The molecule has 1 fully saturated rings. The van der Waals surface area contributed by atoms with Crippen LogP contribution in [0, 0.1) is 0 Å². The van der Waals surface area contributed by atoms with E-state index in [-0.39, 0.29) is 5.97 Å². The molecule has 0 spiro atoms. The molecule has 1 heterocycles. The molecular formula is C9H12O4. The van der Waals surface area contributed by atoms with Crippen molar-refractivity contribution in [3.8, 4) is 0 Å². The average molecular weight is 184 g/mol. The van der Waals surface area contributed by atoms with Crippen LogP contribution in [-0.4, -0.2) is 23.1 Å². The third-order valence-corrected chi connectivity index (χ3v) is 2.32. The zero-order valence-electron chi connectivity index (χ0n) is 7.92. The van der Waals surface area contributed by atoms with Crippen molar-refractivity contribution >= 4 is 11.9 Å². The SMILES string of the molecule is C=CC(=O)OC(C)(C)C1(C)OC1=O. The molecule has 0 aliphatic carbocycles. The average Bonchev–Trinajstić information content (AvgIpc) is 2.61. The number of epoxide rings is 1. The lowest BCUT2D eigenvalue weighted by atomic mass is 9.93. The number of hydrogen-bond donors (Lipinski definition) is 0. The number of ether oxygens (including phenoxy) is 2. The first kappa shape index (κ1) is 9.77. The molecule has 0 radical (unpaired) electrons. The van der Waals surface area contributed by atoms with E-state index in [1.807, 2.05) is 0 Å². The Labute approximate surface area is 76.5 Å². The van der Waals surface area contributed by atoms with Gasteiger partial charge in [0.2, 0.25) is 5.60 Å². The topological polar surface area (TPSA) is 55.9 Å². The second-order valence-electron chi connectivity index (χ2n) is 3.56. The molecule has 0 aromatic rings. The Hall–Kier alpha value is -1.32. The van der Waals surface area contributed by atoms with E-state index in [0.29, 0.717) is 0 Å². The van der Waals surface area contributed by atoms with Crippen LogP contribution >= 0.6 is 0 Å². The summed E-state index contributed by atoms with van der Waals surface area (Å²) in [6, 6.07) is 0. The van der Waals surface area contributed by atoms with Crippen LogP contribution in [0.25, 0.3) is 0 Å². The lowest BCUT2D eigenvalue weighted by Gasteiger charge is -2.25. The Morgan fingerprint density at radius 2 is 2.15 bits per heavy atom. The summed E-state index contributed by atoms with van der Waals surface area (Å²) in [5, 5.41) is 0. The van der Waals surface area contributed by atoms with Crippen molar-refractivity contribution in [3.05, 3.63) is 12.7 Å². The van der Waals surface area contributed by atoms with Crippen LogP contribution in [-0.2, 0) is 19.1 Å². The van der Waals surface area contributed by atoms with E-state index in [1.165, 1.54) is 0 Å². The highest BCUT2D eigenvalue weighted by molar-refractivity contribution is 5.94. The highest BCUT2D eigenvalue weighted by Crippen LogP contribution is 2.41. The Morgan fingerprint density at radius 3 is 2.46 bits per heavy atom. The Morgan fingerprint density at radius 1 is 1.69 bits per heavy atom. The number of cyclic esters (lactones) is 1. The first-order chi connectivity index (χ1) is 5.83. The van der Waals surface area contributed by atoms with Gasteiger partial charge in [-0.3, -0.25) is 0 Å². The van der Waals surface area contributed by atoms with Gasteiger partial charge in [0.25, 0.3) is 0 Å². The third-order valence-electron chi connectivity index (χ3n) is 2.32. The second-order valence-corrected chi connectivity index (χ2v) is 3.56. The monoisotopic (exact) mass is 184 g/mol. The lowest BCUT2D eigenvalue weighted by Crippen LogP contribution is -2.42.